The molecule has 0 aliphatic heterocycles. The summed E-state index contributed by atoms with van der Waals surface area (Å²) in [6.45, 7) is 6.53. The monoisotopic (exact) mass is 380 g/mol. The largest absolute Gasteiger partial charge is 0.338 e. The maximum absolute atomic E-state index is 13.2. The minimum Gasteiger partial charge on any atom is -0.338 e. The van der Waals surface area contributed by atoms with Gasteiger partial charge in [-0.2, -0.15) is 0 Å². The fourth-order valence-electron chi connectivity index (χ4n) is 3.92. The van der Waals surface area contributed by atoms with Crippen LogP contribution in [0.1, 0.15) is 58.2 Å². The molecule has 1 N–H and O–H groups in total. The van der Waals surface area contributed by atoms with E-state index >= 15 is 0 Å². The first-order chi connectivity index (χ1) is 13.8. The minimum absolute atomic E-state index is 0.0751. The first kappa shape index (κ1) is 17.6. The lowest BCUT2D eigenvalue weighted by atomic mass is 9.83. The molecule has 1 aliphatic rings. The average Bonchev–Trinajstić information content (AvgIpc) is 3.15. The van der Waals surface area contributed by atoms with Crippen molar-refractivity contribution >= 4 is 22.6 Å². The summed E-state index contributed by atoms with van der Waals surface area (Å²) in [5, 5.41) is 0. The van der Waals surface area contributed by atoms with E-state index in [2.05, 4.69) is 37.9 Å². The molecular formula is C25H20N2O2. The Morgan fingerprint density at radius 1 is 0.759 bits per heavy atom. The standard InChI is InChI=1S/C25H20N2O2/c1-25(2,3)15-10-8-14(9-11-15)24-26-19-13-12-18-20(21(19)27-24)23(29)17-7-5-4-6-16(17)22(18)28/h4-13H,1-3H3,(H,26,27). The smallest absolute Gasteiger partial charge is 0.196 e. The summed E-state index contributed by atoms with van der Waals surface area (Å²) < 4.78 is 0. The molecule has 1 heterocycles. The average molecular weight is 380 g/mol. The van der Waals surface area contributed by atoms with Gasteiger partial charge in [0.2, 0.25) is 0 Å². The first-order valence-electron chi connectivity index (χ1n) is 9.66. The van der Waals surface area contributed by atoms with Gasteiger partial charge in [-0.05, 0) is 23.1 Å². The summed E-state index contributed by atoms with van der Waals surface area (Å²) in [6, 6.07) is 18.8. The minimum atomic E-state index is -0.151. The van der Waals surface area contributed by atoms with Gasteiger partial charge >= 0.3 is 0 Å². The SMILES string of the molecule is CC(C)(C)c1ccc(-c2nc3c4c(ccc3[nH]2)C(=O)c2ccccc2C4=O)cc1. The number of aromatic amines is 1. The molecule has 0 fully saturated rings. The maximum atomic E-state index is 13.2. The number of fused-ring (bicyclic) bond motifs is 4. The van der Waals surface area contributed by atoms with Gasteiger partial charge in [0.15, 0.2) is 11.6 Å². The lowest BCUT2D eigenvalue weighted by Crippen LogP contribution is -2.21. The van der Waals surface area contributed by atoms with Crippen LogP contribution in [0.3, 0.4) is 0 Å². The molecular weight excluding hydrogens is 360 g/mol. The van der Waals surface area contributed by atoms with Gasteiger partial charge in [-0.1, -0.05) is 69.3 Å². The number of rotatable bonds is 1. The van der Waals surface area contributed by atoms with Gasteiger partial charge in [0.1, 0.15) is 11.3 Å². The number of imidazole rings is 1. The lowest BCUT2D eigenvalue weighted by Gasteiger charge is -2.18. The molecule has 5 rings (SSSR count). The molecule has 4 heteroatoms. The zero-order chi connectivity index (χ0) is 20.3. The highest BCUT2D eigenvalue weighted by Gasteiger charge is 2.32. The fraction of sp³-hybridized carbons (Fsp3) is 0.160. The van der Waals surface area contributed by atoms with Crippen LogP contribution in [0, 0.1) is 0 Å². The van der Waals surface area contributed by atoms with Gasteiger partial charge < -0.3 is 4.98 Å². The number of carbonyl (C=O) groups excluding carboxylic acids is 2. The zero-order valence-corrected chi connectivity index (χ0v) is 16.5. The highest BCUT2D eigenvalue weighted by atomic mass is 16.1. The predicted octanol–water partition coefficient (Wildman–Crippen LogP) is 5.30. The number of aromatic nitrogens is 2. The number of H-pyrrole nitrogens is 1. The molecule has 1 aromatic heterocycles. The van der Waals surface area contributed by atoms with E-state index in [1.54, 1.807) is 30.3 Å². The van der Waals surface area contributed by atoms with E-state index in [1.165, 1.54) is 5.56 Å². The fourth-order valence-corrected chi connectivity index (χ4v) is 3.92. The Balaban J connectivity index is 1.66. The Morgan fingerprint density at radius 2 is 1.41 bits per heavy atom. The summed E-state index contributed by atoms with van der Waals surface area (Å²) in [5.41, 5.74) is 5.26. The van der Waals surface area contributed by atoms with Crippen molar-refractivity contribution in [1.82, 2.24) is 9.97 Å². The van der Waals surface area contributed by atoms with Crippen molar-refractivity contribution in [3.63, 3.8) is 0 Å². The van der Waals surface area contributed by atoms with Gasteiger partial charge in [-0.3, -0.25) is 9.59 Å². The lowest BCUT2D eigenvalue weighted by molar-refractivity contribution is 0.0980. The van der Waals surface area contributed by atoms with E-state index in [9.17, 15) is 9.59 Å². The van der Waals surface area contributed by atoms with Crippen molar-refractivity contribution in [2.45, 2.75) is 26.2 Å². The molecule has 0 unspecified atom stereocenters. The van der Waals surface area contributed by atoms with Crippen LogP contribution in [0.15, 0.2) is 60.7 Å². The molecule has 0 atom stereocenters. The molecule has 142 valence electrons. The molecule has 4 nitrogen and oxygen atoms in total. The molecule has 3 aromatic carbocycles. The molecule has 0 radical (unpaired) electrons. The summed E-state index contributed by atoms with van der Waals surface area (Å²) in [4.78, 5) is 34.1. The van der Waals surface area contributed by atoms with E-state index in [1.807, 2.05) is 18.2 Å². The summed E-state index contributed by atoms with van der Waals surface area (Å²) >= 11 is 0. The number of carbonyl (C=O) groups is 2. The van der Waals surface area contributed by atoms with E-state index in [0.717, 1.165) is 11.1 Å². The van der Waals surface area contributed by atoms with E-state index < -0.39 is 0 Å². The summed E-state index contributed by atoms with van der Waals surface area (Å²) in [5.74, 6) is 0.408. The predicted molar refractivity (Wildman–Crippen MR) is 114 cm³/mol. The van der Waals surface area contributed by atoms with Crippen LogP contribution in [0.25, 0.3) is 22.4 Å². The highest BCUT2D eigenvalue weighted by molar-refractivity contribution is 6.31. The van der Waals surface area contributed by atoms with Crippen molar-refractivity contribution < 1.29 is 9.59 Å². The Bertz CT molecular complexity index is 1310. The third-order valence-corrected chi connectivity index (χ3v) is 5.57. The molecule has 0 spiro atoms. The van der Waals surface area contributed by atoms with Crippen molar-refractivity contribution in [1.29, 1.82) is 0 Å². The molecule has 0 bridgehead atoms. The third kappa shape index (κ3) is 2.64. The number of benzene rings is 3. The third-order valence-electron chi connectivity index (χ3n) is 5.57. The van der Waals surface area contributed by atoms with E-state index in [0.29, 0.717) is 33.6 Å². The van der Waals surface area contributed by atoms with Gasteiger partial charge in [-0.15, -0.1) is 0 Å². The quantitative estimate of drug-likeness (QED) is 0.429. The van der Waals surface area contributed by atoms with Gasteiger partial charge in [0.05, 0.1) is 11.1 Å². The number of hydrogen-bond acceptors (Lipinski definition) is 3. The summed E-state index contributed by atoms with van der Waals surface area (Å²) in [6.07, 6.45) is 0. The molecule has 0 saturated carbocycles. The summed E-state index contributed by atoms with van der Waals surface area (Å²) in [7, 11) is 0. The van der Waals surface area contributed by atoms with Crippen LogP contribution in [0.4, 0.5) is 0 Å². The van der Waals surface area contributed by atoms with Crippen LogP contribution < -0.4 is 0 Å². The number of nitrogens with zero attached hydrogens (tertiary/aromatic N) is 1. The van der Waals surface area contributed by atoms with Gasteiger partial charge in [0, 0.05) is 22.3 Å². The second-order valence-corrected chi connectivity index (χ2v) is 8.50. The Labute approximate surface area is 168 Å². The molecule has 0 amide bonds. The normalized spacial score (nSPS) is 13.5. The molecule has 0 saturated heterocycles. The molecule has 4 aromatic rings. The van der Waals surface area contributed by atoms with Crippen molar-refractivity contribution in [3.05, 3.63) is 88.5 Å². The van der Waals surface area contributed by atoms with Gasteiger partial charge in [0.25, 0.3) is 0 Å². The van der Waals surface area contributed by atoms with Crippen LogP contribution in [-0.4, -0.2) is 21.5 Å². The Kier molecular flexibility index (Phi) is 3.62. The van der Waals surface area contributed by atoms with Crippen molar-refractivity contribution in [2.24, 2.45) is 0 Å². The Hall–Kier alpha value is -3.53. The van der Waals surface area contributed by atoms with Crippen molar-refractivity contribution in [3.8, 4) is 11.4 Å². The van der Waals surface area contributed by atoms with E-state index in [-0.39, 0.29) is 17.0 Å². The topological polar surface area (TPSA) is 62.8 Å². The second kappa shape index (κ2) is 5.98. The zero-order valence-electron chi connectivity index (χ0n) is 16.5. The van der Waals surface area contributed by atoms with Crippen LogP contribution in [0.5, 0.6) is 0 Å². The van der Waals surface area contributed by atoms with Crippen molar-refractivity contribution in [2.75, 3.05) is 0 Å². The second-order valence-electron chi connectivity index (χ2n) is 8.50. The highest BCUT2D eigenvalue weighted by Crippen LogP contribution is 2.33. The Morgan fingerprint density at radius 3 is 2.07 bits per heavy atom. The van der Waals surface area contributed by atoms with Gasteiger partial charge in [-0.25, -0.2) is 4.98 Å². The maximum Gasteiger partial charge on any atom is 0.196 e. The number of hydrogen-bond donors (Lipinski definition) is 1. The molecule has 29 heavy (non-hydrogen) atoms. The van der Waals surface area contributed by atoms with E-state index in [4.69, 9.17) is 4.98 Å². The van der Waals surface area contributed by atoms with Crippen LogP contribution in [-0.2, 0) is 5.41 Å². The number of ketones is 2. The first-order valence-corrected chi connectivity index (χ1v) is 9.66. The van der Waals surface area contributed by atoms with Crippen LogP contribution >= 0.6 is 0 Å². The molecule has 1 aliphatic carbocycles. The van der Waals surface area contributed by atoms with Crippen LogP contribution in [0.2, 0.25) is 0 Å². The number of nitrogens with one attached hydrogen (secondary N) is 1.